The summed E-state index contributed by atoms with van der Waals surface area (Å²) < 4.78 is 0. The second kappa shape index (κ2) is 3.31. The van der Waals surface area contributed by atoms with Crippen molar-refractivity contribution >= 4 is 5.96 Å². The van der Waals surface area contributed by atoms with Crippen LogP contribution in [-0.4, -0.2) is 22.5 Å². The first-order chi connectivity index (χ1) is 6.68. The molecule has 0 spiro atoms. The molecule has 74 valence electrons. The van der Waals surface area contributed by atoms with Crippen molar-refractivity contribution in [2.45, 2.75) is 12.6 Å². The molecule has 0 radical (unpaired) electrons. The Hall–Kier alpha value is -1.55. The summed E-state index contributed by atoms with van der Waals surface area (Å²) in [5, 5.41) is 17.1. The third kappa shape index (κ3) is 1.44. The minimum Gasteiger partial charge on any atom is -0.387 e. The Kier molecular flexibility index (Phi) is 2.13. The lowest BCUT2D eigenvalue weighted by Crippen LogP contribution is -2.41. The topological polar surface area (TPSA) is 73.3 Å². The number of nitrogens with two attached hydrogens (primary N) is 1. The molecular formula is C10H13N3O. The number of β-amino-alcohol motifs (C(OH)–C–C–N with tert-alkyl or cyclic N) is 1. The fourth-order valence-electron chi connectivity index (χ4n) is 1.76. The van der Waals surface area contributed by atoms with Crippen LogP contribution in [0, 0.1) is 5.41 Å². The lowest BCUT2D eigenvalue weighted by molar-refractivity contribution is 0.126. The molecule has 0 aliphatic carbocycles. The van der Waals surface area contributed by atoms with Crippen molar-refractivity contribution in [1.29, 1.82) is 5.41 Å². The highest BCUT2D eigenvalue weighted by Crippen LogP contribution is 2.25. The van der Waals surface area contributed by atoms with Gasteiger partial charge < -0.3 is 15.7 Å². The van der Waals surface area contributed by atoms with Crippen molar-refractivity contribution in [3.05, 3.63) is 35.4 Å². The molecule has 4 N–H and O–H groups in total. The van der Waals surface area contributed by atoms with E-state index in [0.717, 1.165) is 11.1 Å². The smallest absolute Gasteiger partial charge is 0.188 e. The molecule has 1 atom stereocenters. The third-order valence-electron chi connectivity index (χ3n) is 2.51. The van der Waals surface area contributed by atoms with Gasteiger partial charge in [0.2, 0.25) is 0 Å². The summed E-state index contributed by atoms with van der Waals surface area (Å²) in [6.45, 7) is 1.02. The summed E-state index contributed by atoms with van der Waals surface area (Å²) in [5.41, 5.74) is 7.38. The van der Waals surface area contributed by atoms with Crippen LogP contribution in [0.4, 0.5) is 0 Å². The number of aliphatic hydroxyl groups is 1. The molecule has 1 aliphatic heterocycles. The van der Waals surface area contributed by atoms with Crippen LogP contribution in [0.25, 0.3) is 0 Å². The number of nitrogens with zero attached hydrogens (tertiary/aromatic N) is 1. The van der Waals surface area contributed by atoms with Gasteiger partial charge in [0.05, 0.1) is 12.6 Å². The summed E-state index contributed by atoms with van der Waals surface area (Å²) in [4.78, 5) is 1.66. The summed E-state index contributed by atoms with van der Waals surface area (Å²) in [6, 6.07) is 7.70. The van der Waals surface area contributed by atoms with Crippen LogP contribution >= 0.6 is 0 Å². The molecule has 4 nitrogen and oxygen atoms in total. The van der Waals surface area contributed by atoms with E-state index >= 15 is 0 Å². The molecule has 1 heterocycles. The van der Waals surface area contributed by atoms with Crippen LogP contribution in [0.5, 0.6) is 0 Å². The number of fused-ring (bicyclic) bond motifs is 1. The maximum atomic E-state index is 9.79. The number of guanidine groups is 1. The van der Waals surface area contributed by atoms with E-state index < -0.39 is 6.10 Å². The second-order valence-electron chi connectivity index (χ2n) is 3.48. The molecule has 0 amide bonds. The molecule has 0 unspecified atom stereocenters. The van der Waals surface area contributed by atoms with Crippen molar-refractivity contribution in [3.63, 3.8) is 0 Å². The van der Waals surface area contributed by atoms with Crippen LogP contribution in [0.1, 0.15) is 17.2 Å². The van der Waals surface area contributed by atoms with Crippen molar-refractivity contribution in [2.24, 2.45) is 5.73 Å². The highest BCUT2D eigenvalue weighted by Gasteiger charge is 2.23. The normalized spacial score (nSPS) is 20.4. The standard InChI is InChI=1S/C10H13N3O/c11-10(12)13-5-7-3-1-2-4-8(7)9(14)6-13/h1-4,9,14H,5-6H2,(H3,11,12)/t9-/m1/s1. The van der Waals surface area contributed by atoms with E-state index in [2.05, 4.69) is 0 Å². The van der Waals surface area contributed by atoms with Gasteiger partial charge in [-0.1, -0.05) is 24.3 Å². The Morgan fingerprint density at radius 2 is 2.21 bits per heavy atom. The second-order valence-corrected chi connectivity index (χ2v) is 3.48. The molecule has 1 aromatic rings. The van der Waals surface area contributed by atoms with E-state index in [1.54, 1.807) is 4.90 Å². The van der Waals surface area contributed by atoms with Crippen LogP contribution in [0.2, 0.25) is 0 Å². The van der Waals surface area contributed by atoms with E-state index in [-0.39, 0.29) is 5.96 Å². The van der Waals surface area contributed by atoms with Crippen LogP contribution in [0.15, 0.2) is 24.3 Å². The maximum Gasteiger partial charge on any atom is 0.188 e. The SMILES string of the molecule is N=C(N)N1Cc2ccccc2[C@H](O)C1. The number of rotatable bonds is 0. The average Bonchev–Trinajstić information content (AvgIpc) is 2.17. The molecule has 1 aromatic carbocycles. The number of benzene rings is 1. The first-order valence-corrected chi connectivity index (χ1v) is 4.53. The number of hydrogen-bond donors (Lipinski definition) is 3. The van der Waals surface area contributed by atoms with Gasteiger partial charge in [-0.2, -0.15) is 0 Å². The Morgan fingerprint density at radius 1 is 1.50 bits per heavy atom. The van der Waals surface area contributed by atoms with E-state index in [1.807, 2.05) is 24.3 Å². The van der Waals surface area contributed by atoms with Crippen molar-refractivity contribution < 1.29 is 5.11 Å². The lowest BCUT2D eigenvalue weighted by Gasteiger charge is -2.32. The van der Waals surface area contributed by atoms with Gasteiger partial charge >= 0.3 is 0 Å². The molecule has 0 aromatic heterocycles. The predicted octanol–water partition coefficient (Wildman–Crippen LogP) is 0.429. The summed E-state index contributed by atoms with van der Waals surface area (Å²) in [6.07, 6.45) is -0.538. The zero-order chi connectivity index (χ0) is 10.1. The highest BCUT2D eigenvalue weighted by atomic mass is 16.3. The van der Waals surface area contributed by atoms with Gasteiger partial charge in [0.15, 0.2) is 5.96 Å². The minimum atomic E-state index is -0.538. The van der Waals surface area contributed by atoms with Gasteiger partial charge in [-0.3, -0.25) is 5.41 Å². The van der Waals surface area contributed by atoms with E-state index in [1.165, 1.54) is 0 Å². The molecule has 0 saturated heterocycles. The molecule has 0 bridgehead atoms. The molecule has 1 aliphatic rings. The zero-order valence-corrected chi connectivity index (χ0v) is 7.77. The fraction of sp³-hybridized carbons (Fsp3) is 0.300. The summed E-state index contributed by atoms with van der Waals surface area (Å²) in [5.74, 6) is 0.0125. The average molecular weight is 191 g/mol. The van der Waals surface area contributed by atoms with E-state index in [9.17, 15) is 5.11 Å². The zero-order valence-electron chi connectivity index (χ0n) is 7.77. The summed E-state index contributed by atoms with van der Waals surface area (Å²) >= 11 is 0. The Morgan fingerprint density at radius 3 is 2.93 bits per heavy atom. The van der Waals surface area contributed by atoms with Crippen LogP contribution in [0.3, 0.4) is 0 Å². The van der Waals surface area contributed by atoms with E-state index in [0.29, 0.717) is 13.1 Å². The summed E-state index contributed by atoms with van der Waals surface area (Å²) in [7, 11) is 0. The maximum absolute atomic E-state index is 9.79. The van der Waals surface area contributed by atoms with Gasteiger partial charge in [0, 0.05) is 6.54 Å². The number of nitrogens with one attached hydrogen (secondary N) is 1. The van der Waals surface area contributed by atoms with Crippen LogP contribution in [-0.2, 0) is 6.54 Å². The minimum absolute atomic E-state index is 0.0125. The molecule has 0 fully saturated rings. The number of aliphatic hydroxyl groups excluding tert-OH is 1. The van der Waals surface area contributed by atoms with E-state index in [4.69, 9.17) is 11.1 Å². The third-order valence-corrected chi connectivity index (χ3v) is 2.51. The van der Waals surface area contributed by atoms with Gasteiger partial charge in [-0.15, -0.1) is 0 Å². The fourth-order valence-corrected chi connectivity index (χ4v) is 1.76. The molecule has 2 rings (SSSR count). The number of hydrogen-bond acceptors (Lipinski definition) is 2. The Balaban J connectivity index is 2.33. The van der Waals surface area contributed by atoms with Crippen molar-refractivity contribution in [1.82, 2.24) is 4.90 Å². The Bertz CT molecular complexity index is 364. The largest absolute Gasteiger partial charge is 0.387 e. The first-order valence-electron chi connectivity index (χ1n) is 4.53. The first kappa shape index (κ1) is 9.02. The Labute approximate surface area is 82.5 Å². The quantitative estimate of drug-likeness (QED) is 0.411. The van der Waals surface area contributed by atoms with Gasteiger partial charge in [-0.25, -0.2) is 0 Å². The van der Waals surface area contributed by atoms with Gasteiger partial charge in [-0.05, 0) is 11.1 Å². The molecule has 4 heteroatoms. The molecule has 14 heavy (non-hydrogen) atoms. The van der Waals surface area contributed by atoms with Gasteiger partial charge in [0.25, 0.3) is 0 Å². The lowest BCUT2D eigenvalue weighted by atomic mass is 9.98. The highest BCUT2D eigenvalue weighted by molar-refractivity contribution is 5.75. The molecular weight excluding hydrogens is 178 g/mol. The van der Waals surface area contributed by atoms with Crippen molar-refractivity contribution in [2.75, 3.05) is 6.54 Å². The monoisotopic (exact) mass is 191 g/mol. The van der Waals surface area contributed by atoms with Crippen molar-refractivity contribution in [3.8, 4) is 0 Å². The van der Waals surface area contributed by atoms with Gasteiger partial charge in [0.1, 0.15) is 0 Å². The molecule has 0 saturated carbocycles. The van der Waals surface area contributed by atoms with Crippen LogP contribution < -0.4 is 5.73 Å². The predicted molar refractivity (Wildman–Crippen MR) is 53.7 cm³/mol.